The number of hydrogen-bond donors (Lipinski definition) is 1. The molecule has 0 amide bonds. The van der Waals surface area contributed by atoms with Crippen molar-refractivity contribution in [1.82, 2.24) is 4.98 Å². The number of benzene rings is 1. The summed E-state index contributed by atoms with van der Waals surface area (Å²) in [6.45, 7) is 6.67. The predicted molar refractivity (Wildman–Crippen MR) is 99.0 cm³/mol. The molecule has 24 heavy (non-hydrogen) atoms. The van der Waals surface area contributed by atoms with Crippen LogP contribution in [-0.2, 0) is 21.6 Å². The number of carbonyl (C=O) groups is 1. The lowest BCUT2D eigenvalue weighted by Crippen LogP contribution is -2.27. The minimum Gasteiger partial charge on any atom is -0.461 e. The molecule has 0 saturated heterocycles. The molecule has 0 radical (unpaired) electrons. The van der Waals surface area contributed by atoms with Crippen molar-refractivity contribution in [1.29, 1.82) is 0 Å². The first kappa shape index (κ1) is 18.5. The number of ether oxygens (including phenoxy) is 1. The first-order chi connectivity index (χ1) is 11.5. The lowest BCUT2D eigenvalue weighted by molar-refractivity contribution is -0.145. The summed E-state index contributed by atoms with van der Waals surface area (Å²) in [5.74, 6) is -0.161. The van der Waals surface area contributed by atoms with Crippen molar-refractivity contribution in [2.45, 2.75) is 58.5 Å². The number of aromatic nitrogens is 1. The molecule has 2 rings (SSSR count). The maximum atomic E-state index is 12.2. The van der Waals surface area contributed by atoms with Crippen molar-refractivity contribution in [3.05, 3.63) is 46.5 Å². The average molecular weight is 346 g/mol. The van der Waals surface area contributed by atoms with Crippen LogP contribution in [-0.4, -0.2) is 11.0 Å². The van der Waals surface area contributed by atoms with E-state index in [-0.39, 0.29) is 11.4 Å². The number of esters is 1. The molecule has 0 atom stereocenters. The second kappa shape index (κ2) is 8.29. The summed E-state index contributed by atoms with van der Waals surface area (Å²) in [5, 5.41) is 0.598. The molecule has 1 aromatic heterocycles. The molecule has 0 bridgehead atoms. The highest BCUT2D eigenvalue weighted by atomic mass is 32.1. The summed E-state index contributed by atoms with van der Waals surface area (Å²) in [6, 6.07) is 9.74. The summed E-state index contributed by atoms with van der Waals surface area (Å²) in [5.41, 5.74) is 7.82. The van der Waals surface area contributed by atoms with Crippen molar-refractivity contribution in [3.63, 3.8) is 0 Å². The van der Waals surface area contributed by atoms with Gasteiger partial charge in [-0.1, -0.05) is 44.2 Å². The van der Waals surface area contributed by atoms with Gasteiger partial charge in [-0.25, -0.2) is 4.98 Å². The number of aryl methyl sites for hydroxylation is 1. The van der Waals surface area contributed by atoms with E-state index in [9.17, 15) is 4.79 Å². The normalized spacial score (nSPS) is 11.5. The summed E-state index contributed by atoms with van der Waals surface area (Å²) in [7, 11) is 0. The van der Waals surface area contributed by atoms with Crippen molar-refractivity contribution in [2.24, 2.45) is 0 Å². The van der Waals surface area contributed by atoms with Gasteiger partial charge >= 0.3 is 5.97 Å². The monoisotopic (exact) mass is 346 g/mol. The van der Waals surface area contributed by atoms with Crippen LogP contribution in [0.2, 0.25) is 0 Å². The fraction of sp³-hybridized carbons (Fsp3) is 0.474. The van der Waals surface area contributed by atoms with Gasteiger partial charge in [-0.15, -0.1) is 11.3 Å². The third-order valence-corrected chi connectivity index (χ3v) is 5.52. The Labute approximate surface area is 148 Å². The van der Waals surface area contributed by atoms with Crippen LogP contribution in [0.1, 0.15) is 55.7 Å². The zero-order valence-electron chi connectivity index (χ0n) is 14.7. The number of nitrogens with zero attached hydrogens (tertiary/aromatic N) is 1. The van der Waals surface area contributed by atoms with E-state index < -0.39 is 0 Å². The van der Waals surface area contributed by atoms with Crippen molar-refractivity contribution in [3.8, 4) is 0 Å². The highest BCUT2D eigenvalue weighted by Gasteiger charge is 2.33. The van der Waals surface area contributed by atoms with Crippen molar-refractivity contribution in [2.75, 3.05) is 5.73 Å². The van der Waals surface area contributed by atoms with Crippen LogP contribution in [0.15, 0.2) is 30.3 Å². The third kappa shape index (κ3) is 4.35. The molecule has 4 nitrogen and oxygen atoms in total. The van der Waals surface area contributed by atoms with Crippen LogP contribution >= 0.6 is 11.3 Å². The van der Waals surface area contributed by atoms with Crippen molar-refractivity contribution >= 4 is 22.4 Å². The number of nitrogen functional groups attached to an aromatic ring is 1. The summed E-state index contributed by atoms with van der Waals surface area (Å²) < 4.78 is 5.40. The van der Waals surface area contributed by atoms with Gasteiger partial charge in [-0.2, -0.15) is 0 Å². The topological polar surface area (TPSA) is 65.2 Å². The van der Waals surface area contributed by atoms with Crippen LogP contribution in [0.5, 0.6) is 0 Å². The molecule has 0 unspecified atom stereocenters. The molecule has 5 heteroatoms. The molecule has 0 aliphatic heterocycles. The second-order valence-corrected chi connectivity index (χ2v) is 7.33. The Morgan fingerprint density at radius 1 is 1.25 bits per heavy atom. The first-order valence-corrected chi connectivity index (χ1v) is 9.25. The summed E-state index contributed by atoms with van der Waals surface area (Å²) in [6.07, 6.45) is 2.99. The fourth-order valence-corrected chi connectivity index (χ4v) is 3.93. The lowest BCUT2D eigenvalue weighted by atomic mass is 9.75. The van der Waals surface area contributed by atoms with Gasteiger partial charge in [0.1, 0.15) is 6.61 Å². The van der Waals surface area contributed by atoms with Gasteiger partial charge in [0, 0.05) is 16.7 Å². The van der Waals surface area contributed by atoms with E-state index in [1.54, 1.807) is 0 Å². The molecule has 0 saturated carbocycles. The van der Waals surface area contributed by atoms with E-state index in [1.807, 2.05) is 30.3 Å². The molecule has 0 fully saturated rings. The zero-order valence-corrected chi connectivity index (χ0v) is 15.5. The van der Waals surface area contributed by atoms with Gasteiger partial charge in [-0.05, 0) is 31.7 Å². The van der Waals surface area contributed by atoms with Crippen molar-refractivity contribution < 1.29 is 9.53 Å². The largest absolute Gasteiger partial charge is 0.461 e. The van der Waals surface area contributed by atoms with Crippen LogP contribution in [0, 0.1) is 6.92 Å². The molecule has 1 aromatic carbocycles. The molecular weight excluding hydrogens is 320 g/mol. The van der Waals surface area contributed by atoms with Gasteiger partial charge < -0.3 is 10.5 Å². The molecule has 0 spiro atoms. The maximum Gasteiger partial charge on any atom is 0.306 e. The lowest BCUT2D eigenvalue weighted by Gasteiger charge is -2.30. The van der Waals surface area contributed by atoms with E-state index in [2.05, 4.69) is 25.8 Å². The van der Waals surface area contributed by atoms with Crippen LogP contribution in [0.4, 0.5) is 5.13 Å². The number of carbonyl (C=O) groups excluding carboxylic acids is 1. The summed E-state index contributed by atoms with van der Waals surface area (Å²) in [4.78, 5) is 17.8. The van der Waals surface area contributed by atoms with Crippen LogP contribution in [0.3, 0.4) is 0 Å². The number of nitrogens with two attached hydrogens (primary N) is 1. The number of anilines is 1. The smallest absolute Gasteiger partial charge is 0.306 e. The van der Waals surface area contributed by atoms with E-state index >= 15 is 0 Å². The Hall–Kier alpha value is -1.88. The minimum atomic E-state index is -0.161. The van der Waals surface area contributed by atoms with Crippen LogP contribution in [0.25, 0.3) is 0 Å². The molecule has 2 N–H and O–H groups in total. The van der Waals surface area contributed by atoms with Gasteiger partial charge in [0.25, 0.3) is 0 Å². The van der Waals surface area contributed by atoms with E-state index in [1.165, 1.54) is 11.3 Å². The van der Waals surface area contributed by atoms with Gasteiger partial charge in [0.15, 0.2) is 5.13 Å². The SMILES string of the molecule is CCC(CC)(CCC(=O)OCc1ccccc1)c1nc(N)sc1C. The van der Waals surface area contributed by atoms with E-state index in [4.69, 9.17) is 10.5 Å². The zero-order chi connectivity index (χ0) is 17.6. The number of thiazole rings is 1. The van der Waals surface area contributed by atoms with E-state index in [0.717, 1.165) is 35.4 Å². The van der Waals surface area contributed by atoms with Gasteiger partial charge in [0.2, 0.25) is 0 Å². The minimum absolute atomic E-state index is 0.107. The second-order valence-electron chi connectivity index (χ2n) is 6.09. The molecule has 1 heterocycles. The van der Waals surface area contributed by atoms with Gasteiger partial charge in [0.05, 0.1) is 5.69 Å². The Morgan fingerprint density at radius 2 is 1.92 bits per heavy atom. The standard InChI is InChI=1S/C19H26N2O2S/c1-4-19(5-2,17-14(3)24-18(20)21-17)12-11-16(22)23-13-15-9-7-6-8-10-15/h6-10H,4-5,11-13H2,1-3H3,(H2,20,21). The molecule has 0 aliphatic carbocycles. The Morgan fingerprint density at radius 3 is 2.46 bits per heavy atom. The fourth-order valence-electron chi connectivity index (χ4n) is 3.12. The Kier molecular flexibility index (Phi) is 6.37. The highest BCUT2D eigenvalue weighted by molar-refractivity contribution is 7.15. The number of rotatable bonds is 8. The van der Waals surface area contributed by atoms with Crippen LogP contribution < -0.4 is 5.73 Å². The highest BCUT2D eigenvalue weighted by Crippen LogP contribution is 2.40. The quantitative estimate of drug-likeness (QED) is 0.709. The maximum absolute atomic E-state index is 12.2. The summed E-state index contributed by atoms with van der Waals surface area (Å²) >= 11 is 1.52. The Balaban J connectivity index is 1.98. The average Bonchev–Trinajstić information content (AvgIpc) is 2.94. The molecule has 2 aromatic rings. The first-order valence-electron chi connectivity index (χ1n) is 8.43. The van der Waals surface area contributed by atoms with Gasteiger partial charge in [-0.3, -0.25) is 4.79 Å². The third-order valence-electron chi connectivity index (χ3n) is 4.72. The number of hydrogen-bond acceptors (Lipinski definition) is 5. The van der Waals surface area contributed by atoms with E-state index in [0.29, 0.717) is 18.2 Å². The Bertz CT molecular complexity index is 663. The molecule has 130 valence electrons. The molecular formula is C19H26N2O2S. The predicted octanol–water partition coefficient (Wildman–Crippen LogP) is 4.62. The molecule has 0 aliphatic rings.